The molecule has 1 heterocycles. The van der Waals surface area contributed by atoms with Gasteiger partial charge in [0.15, 0.2) is 5.75 Å². The second-order valence-corrected chi connectivity index (χ2v) is 3.71. The van der Waals surface area contributed by atoms with Gasteiger partial charge in [0, 0.05) is 11.3 Å². The molecule has 0 bridgehead atoms. The lowest BCUT2D eigenvalue weighted by Crippen LogP contribution is -2.01. The van der Waals surface area contributed by atoms with Crippen molar-refractivity contribution in [1.82, 2.24) is 4.98 Å². The maximum atomic E-state index is 11.5. The van der Waals surface area contributed by atoms with Crippen molar-refractivity contribution in [1.29, 1.82) is 0 Å². The van der Waals surface area contributed by atoms with Gasteiger partial charge in [-0.05, 0) is 6.92 Å². The lowest BCUT2D eigenvalue weighted by molar-refractivity contribution is 0.0597. The number of aryl methyl sites for hydroxylation is 1. The third-order valence-electron chi connectivity index (χ3n) is 2.61. The van der Waals surface area contributed by atoms with Gasteiger partial charge in [-0.1, -0.05) is 30.3 Å². The van der Waals surface area contributed by atoms with Crippen LogP contribution in [-0.4, -0.2) is 23.2 Å². The third-order valence-corrected chi connectivity index (χ3v) is 2.61. The van der Waals surface area contributed by atoms with E-state index in [4.69, 9.17) is 0 Å². The summed E-state index contributed by atoms with van der Waals surface area (Å²) in [6.45, 7) is 1.72. The molecule has 2 N–H and O–H groups in total. The smallest absolute Gasteiger partial charge is 0.343 e. The Kier molecular flexibility index (Phi) is 2.87. The zero-order chi connectivity index (χ0) is 12.4. The predicted molar refractivity (Wildman–Crippen MR) is 64.0 cm³/mol. The number of rotatable bonds is 2. The number of aromatic hydroxyl groups is 1. The summed E-state index contributed by atoms with van der Waals surface area (Å²) in [5.41, 5.74) is 2.13. The van der Waals surface area contributed by atoms with Gasteiger partial charge in [-0.2, -0.15) is 0 Å². The van der Waals surface area contributed by atoms with Crippen molar-refractivity contribution in [3.05, 3.63) is 41.6 Å². The van der Waals surface area contributed by atoms with Gasteiger partial charge in [-0.25, -0.2) is 4.79 Å². The summed E-state index contributed by atoms with van der Waals surface area (Å²) >= 11 is 0. The van der Waals surface area contributed by atoms with Gasteiger partial charge < -0.3 is 14.8 Å². The summed E-state index contributed by atoms with van der Waals surface area (Å²) in [6, 6.07) is 9.32. The quantitative estimate of drug-likeness (QED) is 0.780. The Morgan fingerprint density at radius 2 is 1.94 bits per heavy atom. The first kappa shape index (κ1) is 11.3. The van der Waals surface area contributed by atoms with Gasteiger partial charge in [0.25, 0.3) is 0 Å². The highest BCUT2D eigenvalue weighted by Gasteiger charge is 2.21. The molecule has 0 unspecified atom stereocenters. The molecule has 0 spiro atoms. The van der Waals surface area contributed by atoms with Crippen LogP contribution >= 0.6 is 0 Å². The van der Waals surface area contributed by atoms with Crippen molar-refractivity contribution in [3.63, 3.8) is 0 Å². The molecule has 1 aromatic heterocycles. The Balaban J connectivity index is 2.56. The Morgan fingerprint density at radius 1 is 1.29 bits per heavy atom. The summed E-state index contributed by atoms with van der Waals surface area (Å²) in [6.07, 6.45) is 0. The fourth-order valence-electron chi connectivity index (χ4n) is 1.78. The van der Waals surface area contributed by atoms with E-state index in [1.807, 2.05) is 30.3 Å². The molecule has 0 aliphatic carbocycles. The number of hydrogen-bond acceptors (Lipinski definition) is 3. The van der Waals surface area contributed by atoms with E-state index in [-0.39, 0.29) is 11.3 Å². The topological polar surface area (TPSA) is 62.3 Å². The fraction of sp³-hybridized carbons (Fsp3) is 0.154. The molecule has 0 saturated heterocycles. The van der Waals surface area contributed by atoms with Crippen LogP contribution in [-0.2, 0) is 4.74 Å². The van der Waals surface area contributed by atoms with E-state index in [1.54, 1.807) is 6.92 Å². The lowest BCUT2D eigenvalue weighted by Gasteiger charge is -2.00. The SMILES string of the molecule is COC(=O)c1c(C)[nH]c(-c2ccccc2)c1O. The first-order valence-corrected chi connectivity index (χ1v) is 5.20. The minimum atomic E-state index is -0.543. The molecule has 0 fully saturated rings. The molecule has 2 rings (SSSR count). The number of carbonyl (C=O) groups excluding carboxylic acids is 1. The Labute approximate surface area is 98.9 Å². The van der Waals surface area contributed by atoms with E-state index >= 15 is 0 Å². The maximum Gasteiger partial charge on any atom is 0.343 e. The number of aromatic amines is 1. The van der Waals surface area contributed by atoms with Crippen molar-refractivity contribution >= 4 is 5.97 Å². The van der Waals surface area contributed by atoms with Gasteiger partial charge in [-0.15, -0.1) is 0 Å². The highest BCUT2D eigenvalue weighted by molar-refractivity contribution is 5.96. The van der Waals surface area contributed by atoms with Gasteiger partial charge in [0.2, 0.25) is 0 Å². The molecule has 0 atom stereocenters. The minimum Gasteiger partial charge on any atom is -0.505 e. The number of esters is 1. The van der Waals surface area contributed by atoms with Crippen LogP contribution in [0.5, 0.6) is 5.75 Å². The number of aromatic nitrogens is 1. The first-order chi connectivity index (χ1) is 8.15. The zero-order valence-electron chi connectivity index (χ0n) is 9.65. The van der Waals surface area contributed by atoms with E-state index in [0.29, 0.717) is 11.4 Å². The minimum absolute atomic E-state index is 0.0689. The third kappa shape index (κ3) is 1.89. The van der Waals surface area contributed by atoms with Crippen LogP contribution in [0, 0.1) is 6.92 Å². The number of methoxy groups -OCH3 is 1. The van der Waals surface area contributed by atoms with Crippen LogP contribution in [0.1, 0.15) is 16.1 Å². The summed E-state index contributed by atoms with van der Waals surface area (Å²) in [4.78, 5) is 14.5. The molecule has 1 aromatic carbocycles. The highest BCUT2D eigenvalue weighted by Crippen LogP contribution is 2.34. The lowest BCUT2D eigenvalue weighted by atomic mass is 10.1. The van der Waals surface area contributed by atoms with Crippen LogP contribution in [0.25, 0.3) is 11.3 Å². The monoisotopic (exact) mass is 231 g/mol. The molecule has 4 nitrogen and oxygen atoms in total. The van der Waals surface area contributed by atoms with Gasteiger partial charge in [-0.3, -0.25) is 0 Å². The molecule has 0 amide bonds. The predicted octanol–water partition coefficient (Wildman–Crippen LogP) is 2.48. The van der Waals surface area contributed by atoms with Crippen LogP contribution < -0.4 is 0 Å². The molecular formula is C13H13NO3. The molecule has 0 saturated carbocycles. The summed E-state index contributed by atoms with van der Waals surface area (Å²) in [5.74, 6) is -0.612. The number of carbonyl (C=O) groups is 1. The van der Waals surface area contributed by atoms with Crippen LogP contribution in [0.4, 0.5) is 0 Å². The molecule has 0 aliphatic heterocycles. The fourth-order valence-corrected chi connectivity index (χ4v) is 1.78. The number of hydrogen-bond donors (Lipinski definition) is 2. The van der Waals surface area contributed by atoms with E-state index < -0.39 is 5.97 Å². The standard InChI is InChI=1S/C13H13NO3/c1-8-10(13(16)17-2)12(15)11(14-8)9-6-4-3-5-7-9/h3-7,14-15H,1-2H3. The van der Waals surface area contributed by atoms with Crippen molar-refractivity contribution in [2.45, 2.75) is 6.92 Å². The average molecular weight is 231 g/mol. The largest absolute Gasteiger partial charge is 0.505 e. The van der Waals surface area contributed by atoms with Crippen LogP contribution in [0.15, 0.2) is 30.3 Å². The second kappa shape index (κ2) is 4.33. The average Bonchev–Trinajstić information content (AvgIpc) is 2.65. The summed E-state index contributed by atoms with van der Waals surface area (Å²) in [5, 5.41) is 10.0. The first-order valence-electron chi connectivity index (χ1n) is 5.20. The Bertz CT molecular complexity index is 543. The van der Waals surface area contributed by atoms with Gasteiger partial charge in [0.05, 0.1) is 12.8 Å². The molecule has 2 aromatic rings. The number of ether oxygens (including phenoxy) is 1. The van der Waals surface area contributed by atoms with Crippen molar-refractivity contribution < 1.29 is 14.6 Å². The van der Waals surface area contributed by atoms with Crippen molar-refractivity contribution in [3.8, 4) is 17.0 Å². The van der Waals surface area contributed by atoms with E-state index in [2.05, 4.69) is 9.72 Å². The van der Waals surface area contributed by atoms with E-state index in [1.165, 1.54) is 7.11 Å². The number of benzene rings is 1. The molecule has 0 radical (unpaired) electrons. The Hall–Kier alpha value is -2.23. The summed E-state index contributed by atoms with van der Waals surface area (Å²) < 4.78 is 4.63. The van der Waals surface area contributed by atoms with Gasteiger partial charge >= 0.3 is 5.97 Å². The summed E-state index contributed by atoms with van der Waals surface area (Å²) in [7, 11) is 1.29. The van der Waals surface area contributed by atoms with Crippen molar-refractivity contribution in [2.24, 2.45) is 0 Å². The van der Waals surface area contributed by atoms with E-state index in [0.717, 1.165) is 5.56 Å². The van der Waals surface area contributed by atoms with Crippen LogP contribution in [0.2, 0.25) is 0 Å². The maximum absolute atomic E-state index is 11.5. The molecular weight excluding hydrogens is 218 g/mol. The van der Waals surface area contributed by atoms with E-state index in [9.17, 15) is 9.90 Å². The highest BCUT2D eigenvalue weighted by atomic mass is 16.5. The second-order valence-electron chi connectivity index (χ2n) is 3.71. The zero-order valence-corrected chi connectivity index (χ0v) is 9.65. The van der Waals surface area contributed by atoms with Crippen LogP contribution in [0.3, 0.4) is 0 Å². The molecule has 4 heteroatoms. The van der Waals surface area contributed by atoms with Crippen molar-refractivity contribution in [2.75, 3.05) is 7.11 Å². The number of nitrogens with one attached hydrogen (secondary N) is 1. The number of H-pyrrole nitrogens is 1. The molecule has 17 heavy (non-hydrogen) atoms. The van der Waals surface area contributed by atoms with Gasteiger partial charge in [0.1, 0.15) is 5.56 Å². The Morgan fingerprint density at radius 3 is 2.53 bits per heavy atom. The molecule has 0 aliphatic rings. The molecule has 88 valence electrons. The normalized spacial score (nSPS) is 10.2.